The maximum Gasteiger partial charge on any atom is 0.269 e. The molecule has 5 rings (SSSR count). The second kappa shape index (κ2) is 11.3. The molecule has 5 aromatic rings. The van der Waals surface area contributed by atoms with Gasteiger partial charge in [-0.1, -0.05) is 48.1 Å². The van der Waals surface area contributed by atoms with Crippen LogP contribution >= 0.6 is 0 Å². The summed E-state index contributed by atoms with van der Waals surface area (Å²) in [5.74, 6) is 0.394. The van der Waals surface area contributed by atoms with Gasteiger partial charge in [0.05, 0.1) is 35.7 Å². The first kappa shape index (κ1) is 28.2. The van der Waals surface area contributed by atoms with Gasteiger partial charge in [-0.05, 0) is 36.4 Å². The van der Waals surface area contributed by atoms with E-state index >= 15 is 4.39 Å². The molecular weight excluding hydrogens is 543 g/mol. The normalized spacial score (nSPS) is 12.4. The van der Waals surface area contributed by atoms with Gasteiger partial charge in [-0.15, -0.1) is 0 Å². The fourth-order valence-electron chi connectivity index (χ4n) is 4.93. The summed E-state index contributed by atoms with van der Waals surface area (Å²) in [4.78, 5) is 10.3. The number of anilines is 1. The quantitative estimate of drug-likeness (QED) is 0.144. The minimum Gasteiger partial charge on any atom is -0.497 e. The zero-order valence-electron chi connectivity index (χ0n) is 22.4. The predicted octanol–water partition coefficient (Wildman–Crippen LogP) is 4.12. The van der Waals surface area contributed by atoms with Crippen molar-refractivity contribution in [3.8, 4) is 5.75 Å². The average molecular weight is 568 g/mol. The van der Waals surface area contributed by atoms with E-state index < -0.39 is 27.7 Å². The zero-order chi connectivity index (χ0) is 29.3. The van der Waals surface area contributed by atoms with Gasteiger partial charge in [0.25, 0.3) is 15.7 Å². The van der Waals surface area contributed by atoms with Crippen molar-refractivity contribution in [2.45, 2.75) is 24.4 Å². The lowest BCUT2D eigenvalue weighted by molar-refractivity contribution is -0.384. The van der Waals surface area contributed by atoms with E-state index in [9.17, 15) is 18.5 Å². The first-order chi connectivity index (χ1) is 19.6. The molecule has 1 atom stereocenters. The highest BCUT2D eigenvalue weighted by Gasteiger charge is 2.29. The number of methoxy groups -OCH3 is 1. The molecule has 41 heavy (non-hydrogen) atoms. The topological polar surface area (TPSA) is 94.7 Å². The Labute approximate surface area is 239 Å². The molecule has 1 aromatic heterocycles. The number of aromatic nitrogens is 1. The van der Waals surface area contributed by atoms with Crippen molar-refractivity contribution < 1.29 is 22.5 Å². The average Bonchev–Trinajstić information content (AvgIpc) is 3.27. The van der Waals surface area contributed by atoms with Gasteiger partial charge in [0.2, 0.25) is 0 Å². The molecule has 8 nitrogen and oxygen atoms in total. The Hall–Kier alpha value is -4.31. The van der Waals surface area contributed by atoms with E-state index in [4.69, 9.17) is 12.6 Å². The third-order valence-corrected chi connectivity index (χ3v) is 8.78. The molecule has 1 heterocycles. The highest BCUT2D eigenvalue weighted by Crippen LogP contribution is 2.31. The van der Waals surface area contributed by atoms with E-state index in [1.165, 1.54) is 13.2 Å². The van der Waals surface area contributed by atoms with Crippen LogP contribution in [0.2, 0.25) is 6.82 Å². The van der Waals surface area contributed by atoms with Crippen molar-refractivity contribution in [1.29, 1.82) is 0 Å². The fourth-order valence-corrected chi connectivity index (χ4v) is 6.41. The number of nitrogens with zero attached hydrogens (tertiary/aromatic N) is 3. The van der Waals surface area contributed by atoms with Crippen LogP contribution in [0.4, 0.5) is 15.8 Å². The van der Waals surface area contributed by atoms with Gasteiger partial charge in [-0.2, -0.15) is 0 Å². The molecule has 4 aromatic carbocycles. The molecule has 0 aliphatic rings. The van der Waals surface area contributed by atoms with Crippen molar-refractivity contribution >= 4 is 69.3 Å². The van der Waals surface area contributed by atoms with Gasteiger partial charge in [0, 0.05) is 40.0 Å². The molecule has 0 amide bonds. The van der Waals surface area contributed by atoms with E-state index in [1.807, 2.05) is 49.0 Å². The number of benzene rings is 4. The van der Waals surface area contributed by atoms with Crippen molar-refractivity contribution in [3.63, 3.8) is 0 Å². The number of fused-ring (bicyclic) bond motifs is 3. The predicted molar refractivity (Wildman–Crippen MR) is 162 cm³/mol. The number of ether oxygens (including phenoxy) is 1. The fraction of sp³-hybridized carbons (Fsp3) is 0.172. The summed E-state index contributed by atoms with van der Waals surface area (Å²) in [6.07, 6.45) is -1.64. The Kier molecular flexibility index (Phi) is 7.77. The second-order valence-corrected chi connectivity index (χ2v) is 11.4. The molecule has 0 fully saturated rings. The van der Waals surface area contributed by atoms with Crippen LogP contribution in [0, 0.1) is 10.1 Å². The number of hydrogen-bond acceptors (Lipinski definition) is 5. The van der Waals surface area contributed by atoms with Crippen LogP contribution in [0.25, 0.3) is 21.8 Å². The molecule has 0 N–H and O–H groups in total. The third kappa shape index (κ3) is 5.52. The SMILES string of the molecule is [B]c1ccc2c(c1)c1cc([B]C)ccc1n2CC(F)CN(c1cccc(OC)c1)S(=O)(=O)c1ccc([N+](=O)[O-])cc1. The molecule has 0 bridgehead atoms. The number of sulfonamides is 1. The number of nitro groups is 1. The van der Waals surface area contributed by atoms with Crippen molar-refractivity contribution in [2.24, 2.45) is 0 Å². The molecule has 0 saturated heterocycles. The molecule has 0 aliphatic heterocycles. The van der Waals surface area contributed by atoms with Gasteiger partial charge < -0.3 is 9.30 Å². The van der Waals surface area contributed by atoms with Crippen LogP contribution < -0.4 is 20.0 Å². The maximum atomic E-state index is 16.1. The van der Waals surface area contributed by atoms with Crippen LogP contribution in [0.15, 0.2) is 89.8 Å². The summed E-state index contributed by atoms with van der Waals surface area (Å²) >= 11 is 0. The van der Waals surface area contributed by atoms with E-state index in [0.717, 1.165) is 55.8 Å². The molecule has 0 spiro atoms. The Morgan fingerprint density at radius 1 is 1.02 bits per heavy atom. The molecular formula is C29H25B2FN3O5S. The number of rotatable bonds is 10. The van der Waals surface area contributed by atoms with E-state index in [1.54, 1.807) is 24.3 Å². The number of halogens is 1. The third-order valence-electron chi connectivity index (χ3n) is 6.97. The number of alkyl halides is 1. The van der Waals surface area contributed by atoms with Gasteiger partial charge in [0.15, 0.2) is 0 Å². The number of nitro benzene ring substituents is 1. The van der Waals surface area contributed by atoms with Crippen LogP contribution in [0.1, 0.15) is 0 Å². The van der Waals surface area contributed by atoms with Gasteiger partial charge in [-0.25, -0.2) is 12.8 Å². The molecule has 12 heteroatoms. The lowest BCUT2D eigenvalue weighted by Gasteiger charge is -2.27. The Morgan fingerprint density at radius 3 is 2.37 bits per heavy atom. The summed E-state index contributed by atoms with van der Waals surface area (Å²) in [5, 5.41) is 12.9. The summed E-state index contributed by atoms with van der Waals surface area (Å²) in [7, 11) is 5.18. The Morgan fingerprint density at radius 2 is 1.71 bits per heavy atom. The second-order valence-electron chi connectivity index (χ2n) is 9.54. The molecule has 0 saturated carbocycles. The standard InChI is InChI=1S/C29H25B2FN3O5S/c1-31-20-7-13-29-27(15-20)26-14-19(30)6-12-28(26)33(29)17-21(32)18-34(23-4-3-5-24(16-23)40-2)41(38,39)25-10-8-22(9-11-25)35(36)37/h3-16,21H,17-18H2,1-2H3. The van der Waals surface area contributed by atoms with Crippen molar-refractivity contribution in [2.75, 3.05) is 18.0 Å². The molecule has 205 valence electrons. The monoisotopic (exact) mass is 568 g/mol. The van der Waals surface area contributed by atoms with E-state index in [-0.39, 0.29) is 22.8 Å². The first-order valence-electron chi connectivity index (χ1n) is 12.8. The number of hydrogen-bond donors (Lipinski definition) is 0. The van der Waals surface area contributed by atoms with Crippen LogP contribution in [-0.4, -0.2) is 52.9 Å². The first-order valence-corrected chi connectivity index (χ1v) is 14.2. The minimum absolute atomic E-state index is 0.130. The lowest BCUT2D eigenvalue weighted by Crippen LogP contribution is -2.37. The minimum atomic E-state index is -4.31. The highest BCUT2D eigenvalue weighted by atomic mass is 32.2. The van der Waals surface area contributed by atoms with Gasteiger partial charge in [-0.3, -0.25) is 14.4 Å². The molecule has 0 aliphatic carbocycles. The Balaban J connectivity index is 1.55. The van der Waals surface area contributed by atoms with Gasteiger partial charge in [0.1, 0.15) is 27.0 Å². The van der Waals surface area contributed by atoms with Crippen molar-refractivity contribution in [3.05, 3.63) is 95.0 Å². The van der Waals surface area contributed by atoms with Gasteiger partial charge >= 0.3 is 0 Å². The van der Waals surface area contributed by atoms with E-state index in [0.29, 0.717) is 11.2 Å². The summed E-state index contributed by atoms with van der Waals surface area (Å²) in [6.45, 7) is 1.30. The smallest absolute Gasteiger partial charge is 0.269 e. The summed E-state index contributed by atoms with van der Waals surface area (Å²) in [6, 6.07) is 22.1. The molecule has 3 radical (unpaired) electrons. The molecule has 1 unspecified atom stereocenters. The van der Waals surface area contributed by atoms with E-state index in [2.05, 4.69) is 0 Å². The van der Waals surface area contributed by atoms with Crippen molar-refractivity contribution in [1.82, 2.24) is 4.57 Å². The Bertz CT molecular complexity index is 1860. The summed E-state index contributed by atoms with van der Waals surface area (Å²) in [5.41, 5.74) is 3.10. The highest BCUT2D eigenvalue weighted by molar-refractivity contribution is 7.92. The lowest BCUT2D eigenvalue weighted by atomic mass is 9.73. The summed E-state index contributed by atoms with van der Waals surface area (Å²) < 4.78 is 51.8. The largest absolute Gasteiger partial charge is 0.497 e. The van der Waals surface area contributed by atoms with Crippen LogP contribution in [0.3, 0.4) is 0 Å². The zero-order valence-corrected chi connectivity index (χ0v) is 23.2. The van der Waals surface area contributed by atoms with Crippen LogP contribution in [0.5, 0.6) is 5.75 Å². The van der Waals surface area contributed by atoms with Crippen LogP contribution in [-0.2, 0) is 16.6 Å². The maximum absolute atomic E-state index is 16.1. The number of non-ortho nitro benzene ring substituents is 1.